The number of carbonyl (C=O) groups excluding carboxylic acids is 2. The van der Waals surface area contributed by atoms with Crippen LogP contribution in [0.4, 0.5) is 0 Å². The van der Waals surface area contributed by atoms with E-state index < -0.39 is 6.10 Å². The van der Waals surface area contributed by atoms with Crippen molar-refractivity contribution in [1.29, 1.82) is 0 Å². The minimum atomic E-state index is -0.399. The van der Waals surface area contributed by atoms with Gasteiger partial charge >= 0.3 is 11.9 Å². The molecule has 0 aromatic heterocycles. The Hall–Kier alpha value is -1.62. The highest BCUT2D eigenvalue weighted by Crippen LogP contribution is 2.13. The molecule has 0 fully saturated rings. The van der Waals surface area contributed by atoms with Gasteiger partial charge in [-0.15, -0.1) is 0 Å². The molecule has 0 rings (SSSR count). The Morgan fingerprint density at radius 3 is 1.21 bits per heavy atom. The minimum Gasteiger partial charge on any atom is -0.461 e. The topological polar surface area (TPSA) is 52.6 Å². The number of unbranched alkanes of at least 4 members (excludes halogenated alkanes) is 22. The number of hydrogen-bond acceptors (Lipinski definition) is 4. The lowest BCUT2D eigenvalue weighted by molar-refractivity contribution is -0.873. The number of rotatable bonds is 35. The molecule has 5 nitrogen and oxygen atoms in total. The van der Waals surface area contributed by atoms with Gasteiger partial charge in [0.2, 0.25) is 0 Å². The molecule has 0 radical (unpaired) electrons. The molecule has 0 aromatic rings. The maximum absolute atomic E-state index is 12.6. The molecule has 0 amide bonds. The van der Waals surface area contributed by atoms with Crippen LogP contribution in [-0.4, -0.2) is 56.8 Å². The first kappa shape index (κ1) is 45.4. The third-order valence-electron chi connectivity index (χ3n) is 8.77. The van der Waals surface area contributed by atoms with E-state index in [0.29, 0.717) is 23.9 Å². The van der Waals surface area contributed by atoms with Crippen molar-refractivity contribution < 1.29 is 23.5 Å². The zero-order chi connectivity index (χ0) is 34.7. The molecule has 276 valence electrons. The van der Waals surface area contributed by atoms with Gasteiger partial charge in [-0.25, -0.2) is 0 Å². The molecule has 1 unspecified atom stereocenters. The second-order valence-corrected chi connectivity index (χ2v) is 14.9. The molecule has 0 aliphatic carbocycles. The smallest absolute Gasteiger partial charge is 0.306 e. The Labute approximate surface area is 293 Å². The number of allylic oxidation sites excluding steroid dienone is 4. The van der Waals surface area contributed by atoms with Crippen LogP contribution in [0.25, 0.3) is 0 Å². The van der Waals surface area contributed by atoms with Crippen molar-refractivity contribution in [3.8, 4) is 0 Å². The van der Waals surface area contributed by atoms with Crippen LogP contribution in [0.5, 0.6) is 0 Å². The number of ether oxygens (including phenoxy) is 2. The van der Waals surface area contributed by atoms with Gasteiger partial charge in [0.25, 0.3) is 0 Å². The fraction of sp³-hybridized carbons (Fsp3) is 0.857. The molecule has 0 bridgehead atoms. The molecule has 0 spiro atoms. The highest BCUT2D eigenvalue weighted by atomic mass is 16.6. The minimum absolute atomic E-state index is 0.150. The normalized spacial score (nSPS) is 12.7. The number of carbonyl (C=O) groups is 2. The number of esters is 2. The molecule has 1 atom stereocenters. The Morgan fingerprint density at radius 2 is 0.830 bits per heavy atom. The van der Waals surface area contributed by atoms with Crippen molar-refractivity contribution in [2.75, 3.05) is 34.3 Å². The summed E-state index contributed by atoms with van der Waals surface area (Å²) in [5, 5.41) is 0. The average molecular weight is 663 g/mol. The van der Waals surface area contributed by atoms with Crippen molar-refractivity contribution >= 4 is 11.9 Å². The summed E-state index contributed by atoms with van der Waals surface area (Å²) in [6.07, 6.45) is 42.1. The van der Waals surface area contributed by atoms with Crippen molar-refractivity contribution in [2.24, 2.45) is 0 Å². The molecule has 0 aliphatic rings. The maximum atomic E-state index is 12.6. The van der Waals surface area contributed by atoms with Crippen molar-refractivity contribution in [2.45, 2.75) is 200 Å². The largest absolute Gasteiger partial charge is 0.461 e. The first-order valence-corrected chi connectivity index (χ1v) is 20.2. The van der Waals surface area contributed by atoms with E-state index in [1.807, 2.05) is 0 Å². The lowest BCUT2D eigenvalue weighted by Gasteiger charge is -2.28. The van der Waals surface area contributed by atoms with E-state index in [1.165, 1.54) is 128 Å². The zero-order valence-corrected chi connectivity index (χ0v) is 32.2. The van der Waals surface area contributed by atoms with Crippen LogP contribution in [-0.2, 0) is 19.1 Å². The van der Waals surface area contributed by atoms with Gasteiger partial charge in [-0.05, 0) is 64.2 Å². The third kappa shape index (κ3) is 37.1. The third-order valence-corrected chi connectivity index (χ3v) is 8.77. The molecule has 5 heteroatoms. The Morgan fingerprint density at radius 1 is 0.489 bits per heavy atom. The summed E-state index contributed by atoms with van der Waals surface area (Å²) in [7, 11) is 6.20. The van der Waals surface area contributed by atoms with Gasteiger partial charge in [-0.1, -0.05) is 141 Å². The lowest BCUT2D eigenvalue weighted by atomic mass is 10.1. The monoisotopic (exact) mass is 663 g/mol. The SMILES string of the molecule is CCCCCCCCC=CCCCCCCCC(=O)OC(COC(=O)CCCCCCC/C=C\CCCCCCCC)C[N+](C)(C)C. The first-order chi connectivity index (χ1) is 22.8. The van der Waals surface area contributed by atoms with Crippen LogP contribution in [0.2, 0.25) is 0 Å². The molecule has 0 saturated carbocycles. The predicted octanol–water partition coefficient (Wildman–Crippen LogP) is 12.2. The van der Waals surface area contributed by atoms with E-state index >= 15 is 0 Å². The van der Waals surface area contributed by atoms with Gasteiger partial charge in [0.1, 0.15) is 13.2 Å². The van der Waals surface area contributed by atoms with Gasteiger partial charge in [0.05, 0.1) is 21.1 Å². The fourth-order valence-corrected chi connectivity index (χ4v) is 5.92. The fourth-order valence-electron chi connectivity index (χ4n) is 5.92. The lowest BCUT2D eigenvalue weighted by Crippen LogP contribution is -2.45. The molecule has 47 heavy (non-hydrogen) atoms. The standard InChI is InChI=1S/C42H80NO4/c1-6-8-10-12-14-16-18-20-22-24-26-28-30-32-34-36-41(44)46-39-40(38-43(3,4)5)47-42(45)37-35-33-31-29-27-25-23-21-19-17-15-13-11-9-7-2/h20-23,40H,6-19,24-39H2,1-5H3/q+1/b22-20-,23-21?. The highest BCUT2D eigenvalue weighted by molar-refractivity contribution is 5.70. The summed E-state index contributed by atoms with van der Waals surface area (Å²) in [4.78, 5) is 24.9. The summed E-state index contributed by atoms with van der Waals surface area (Å²) < 4.78 is 12.0. The summed E-state index contributed by atoms with van der Waals surface area (Å²) >= 11 is 0. The summed E-state index contributed by atoms with van der Waals surface area (Å²) in [5.74, 6) is -0.350. The Bertz CT molecular complexity index is 754. The second kappa shape index (κ2) is 34.3. The van der Waals surface area contributed by atoms with Crippen molar-refractivity contribution in [3.05, 3.63) is 24.3 Å². The van der Waals surface area contributed by atoms with Gasteiger partial charge in [0, 0.05) is 12.8 Å². The van der Waals surface area contributed by atoms with Crippen LogP contribution in [0.15, 0.2) is 24.3 Å². The van der Waals surface area contributed by atoms with E-state index in [2.05, 4.69) is 59.3 Å². The van der Waals surface area contributed by atoms with E-state index in [1.54, 1.807) is 0 Å². The quantitative estimate of drug-likeness (QED) is 0.0293. The van der Waals surface area contributed by atoms with E-state index in [-0.39, 0.29) is 18.5 Å². The summed E-state index contributed by atoms with van der Waals surface area (Å²) in [5.41, 5.74) is 0. The molecule has 0 heterocycles. The number of quaternary nitrogens is 1. The first-order valence-electron chi connectivity index (χ1n) is 20.2. The molecular formula is C42H80NO4+. The zero-order valence-electron chi connectivity index (χ0n) is 32.2. The van der Waals surface area contributed by atoms with Gasteiger partial charge in [-0.2, -0.15) is 0 Å². The number of nitrogens with zero attached hydrogens (tertiary/aromatic N) is 1. The molecule has 0 aromatic carbocycles. The molecule has 0 N–H and O–H groups in total. The van der Waals surface area contributed by atoms with E-state index in [9.17, 15) is 9.59 Å². The molecule has 0 aliphatic heterocycles. The molecule has 0 saturated heterocycles. The van der Waals surface area contributed by atoms with E-state index in [4.69, 9.17) is 9.47 Å². The average Bonchev–Trinajstić information content (AvgIpc) is 3.03. The Balaban J connectivity index is 3.89. The van der Waals surface area contributed by atoms with Crippen LogP contribution in [0.1, 0.15) is 194 Å². The number of likely N-dealkylation sites (N-methyl/N-ethyl adjacent to an activating group) is 1. The van der Waals surface area contributed by atoms with Crippen LogP contribution in [0.3, 0.4) is 0 Å². The number of hydrogen-bond donors (Lipinski definition) is 0. The maximum Gasteiger partial charge on any atom is 0.306 e. The predicted molar refractivity (Wildman–Crippen MR) is 203 cm³/mol. The van der Waals surface area contributed by atoms with Gasteiger partial charge < -0.3 is 14.0 Å². The van der Waals surface area contributed by atoms with Gasteiger partial charge in [-0.3, -0.25) is 9.59 Å². The summed E-state index contributed by atoms with van der Waals surface area (Å²) in [6.45, 7) is 5.31. The van der Waals surface area contributed by atoms with Gasteiger partial charge in [0.15, 0.2) is 6.10 Å². The molecular weight excluding hydrogens is 582 g/mol. The highest BCUT2D eigenvalue weighted by Gasteiger charge is 2.23. The van der Waals surface area contributed by atoms with Crippen LogP contribution < -0.4 is 0 Å². The van der Waals surface area contributed by atoms with Crippen molar-refractivity contribution in [3.63, 3.8) is 0 Å². The second-order valence-electron chi connectivity index (χ2n) is 14.9. The Kier molecular flexibility index (Phi) is 33.1. The van der Waals surface area contributed by atoms with Crippen molar-refractivity contribution in [1.82, 2.24) is 0 Å². The van der Waals surface area contributed by atoms with Crippen LogP contribution >= 0.6 is 0 Å². The summed E-state index contributed by atoms with van der Waals surface area (Å²) in [6, 6.07) is 0. The van der Waals surface area contributed by atoms with Crippen LogP contribution in [0, 0.1) is 0 Å². The van der Waals surface area contributed by atoms with E-state index in [0.717, 1.165) is 38.5 Å².